The summed E-state index contributed by atoms with van der Waals surface area (Å²) in [7, 11) is -0.394. The zero-order valence-corrected chi connectivity index (χ0v) is 17.6. The molecule has 0 aliphatic carbocycles. The van der Waals surface area contributed by atoms with Crippen molar-refractivity contribution in [2.75, 3.05) is 14.1 Å². The number of nitrogens with one attached hydrogen (secondary N) is 3. The van der Waals surface area contributed by atoms with E-state index in [1.807, 2.05) is 0 Å². The molecule has 3 N–H and O–H groups in total. The SMILES string of the molecule is CN=C(NCc1ccc(F)cc1)NCc1ccc(S(=O)(=O)NC)cc1.I. The van der Waals surface area contributed by atoms with Gasteiger partial charge in [0.25, 0.3) is 0 Å². The lowest BCUT2D eigenvalue weighted by molar-refractivity contribution is 0.588. The Labute approximate surface area is 170 Å². The van der Waals surface area contributed by atoms with Crippen LogP contribution in [-0.4, -0.2) is 28.5 Å². The summed E-state index contributed by atoms with van der Waals surface area (Å²) >= 11 is 0. The predicted molar refractivity (Wildman–Crippen MR) is 112 cm³/mol. The van der Waals surface area contributed by atoms with Gasteiger partial charge in [0.15, 0.2) is 5.96 Å². The summed E-state index contributed by atoms with van der Waals surface area (Å²) in [5, 5.41) is 6.27. The number of halogens is 2. The first-order chi connectivity index (χ1) is 11.9. The summed E-state index contributed by atoms with van der Waals surface area (Å²) in [6.45, 7) is 1.00. The van der Waals surface area contributed by atoms with Gasteiger partial charge in [-0.05, 0) is 42.4 Å². The van der Waals surface area contributed by atoms with Crippen molar-refractivity contribution in [2.24, 2.45) is 4.99 Å². The van der Waals surface area contributed by atoms with Crippen molar-refractivity contribution in [3.8, 4) is 0 Å². The minimum absolute atomic E-state index is 0. The van der Waals surface area contributed by atoms with Gasteiger partial charge in [0.2, 0.25) is 10.0 Å². The Hall–Kier alpha value is -1.72. The van der Waals surface area contributed by atoms with Crippen LogP contribution in [-0.2, 0) is 23.1 Å². The van der Waals surface area contributed by atoms with Gasteiger partial charge in [-0.2, -0.15) is 0 Å². The van der Waals surface area contributed by atoms with Gasteiger partial charge in [0, 0.05) is 20.1 Å². The molecule has 0 aliphatic rings. The maximum Gasteiger partial charge on any atom is 0.240 e. The molecule has 0 saturated heterocycles. The Balaban J connectivity index is 0.00000338. The molecule has 0 unspecified atom stereocenters. The van der Waals surface area contributed by atoms with Crippen LogP contribution in [0.25, 0.3) is 0 Å². The maximum absolute atomic E-state index is 12.9. The van der Waals surface area contributed by atoms with Crippen molar-refractivity contribution in [3.63, 3.8) is 0 Å². The first-order valence-electron chi connectivity index (χ1n) is 7.66. The molecule has 0 amide bonds. The van der Waals surface area contributed by atoms with Crippen molar-refractivity contribution in [3.05, 3.63) is 65.5 Å². The summed E-state index contributed by atoms with van der Waals surface area (Å²) in [4.78, 5) is 4.34. The lowest BCUT2D eigenvalue weighted by Crippen LogP contribution is -2.36. The van der Waals surface area contributed by atoms with Gasteiger partial charge in [-0.1, -0.05) is 24.3 Å². The van der Waals surface area contributed by atoms with Crippen molar-refractivity contribution >= 4 is 40.0 Å². The van der Waals surface area contributed by atoms with E-state index in [9.17, 15) is 12.8 Å². The average Bonchev–Trinajstić information content (AvgIpc) is 2.63. The summed E-state index contributed by atoms with van der Waals surface area (Å²) in [6.07, 6.45) is 0. The molecule has 0 spiro atoms. The summed E-state index contributed by atoms with van der Waals surface area (Å²) in [5.41, 5.74) is 1.85. The standard InChI is InChI=1S/C17H21FN4O2S.HI/c1-19-17(21-11-13-3-7-15(18)8-4-13)22-12-14-5-9-16(10-6-14)25(23,24)20-2;/h3-10,20H,11-12H2,1-2H3,(H2,19,21,22);1H. The van der Waals surface area contributed by atoms with Crippen molar-refractivity contribution < 1.29 is 12.8 Å². The zero-order chi connectivity index (χ0) is 18.3. The quantitative estimate of drug-likeness (QED) is 0.328. The van der Waals surface area contributed by atoms with E-state index in [4.69, 9.17) is 0 Å². The Morgan fingerprint density at radius 2 is 1.42 bits per heavy atom. The molecular weight excluding hydrogens is 470 g/mol. The van der Waals surface area contributed by atoms with E-state index in [2.05, 4.69) is 20.3 Å². The first kappa shape index (κ1) is 22.3. The fourth-order valence-corrected chi connectivity index (χ4v) is 2.83. The van der Waals surface area contributed by atoms with E-state index in [0.717, 1.165) is 11.1 Å². The summed E-state index contributed by atoms with van der Waals surface area (Å²) in [5.74, 6) is 0.325. The van der Waals surface area contributed by atoms with Gasteiger partial charge in [0.05, 0.1) is 4.90 Å². The molecule has 0 saturated carbocycles. The number of sulfonamides is 1. The second-order valence-corrected chi connectivity index (χ2v) is 7.14. The molecule has 0 atom stereocenters. The smallest absolute Gasteiger partial charge is 0.240 e. The monoisotopic (exact) mass is 492 g/mol. The van der Waals surface area contributed by atoms with Crippen LogP contribution >= 0.6 is 24.0 Å². The van der Waals surface area contributed by atoms with E-state index in [-0.39, 0.29) is 34.7 Å². The highest BCUT2D eigenvalue weighted by Gasteiger charge is 2.10. The molecule has 0 aliphatic heterocycles. The molecule has 0 bridgehead atoms. The number of nitrogens with zero attached hydrogens (tertiary/aromatic N) is 1. The van der Waals surface area contributed by atoms with Crippen LogP contribution in [0.5, 0.6) is 0 Å². The second kappa shape index (κ2) is 10.4. The second-order valence-electron chi connectivity index (χ2n) is 5.26. The third kappa shape index (κ3) is 6.54. The topological polar surface area (TPSA) is 82.6 Å². The third-order valence-corrected chi connectivity index (χ3v) is 4.99. The average molecular weight is 492 g/mol. The molecule has 0 fully saturated rings. The Bertz CT molecular complexity index is 825. The highest BCUT2D eigenvalue weighted by Crippen LogP contribution is 2.10. The number of guanidine groups is 1. The fraction of sp³-hybridized carbons (Fsp3) is 0.235. The molecule has 142 valence electrons. The third-order valence-electron chi connectivity index (χ3n) is 3.56. The number of benzene rings is 2. The van der Waals surface area contributed by atoms with E-state index >= 15 is 0 Å². The molecule has 2 rings (SSSR count). The molecule has 0 heterocycles. The Morgan fingerprint density at radius 3 is 1.85 bits per heavy atom. The number of hydrogen-bond donors (Lipinski definition) is 3. The summed E-state index contributed by atoms with van der Waals surface area (Å²) in [6, 6.07) is 12.8. The lowest BCUT2D eigenvalue weighted by Gasteiger charge is -2.12. The predicted octanol–water partition coefficient (Wildman–Crippen LogP) is 2.22. The summed E-state index contributed by atoms with van der Waals surface area (Å²) < 4.78 is 38.5. The van der Waals surface area contributed by atoms with Gasteiger partial charge < -0.3 is 10.6 Å². The normalized spacial score (nSPS) is 11.6. The van der Waals surface area contributed by atoms with Crippen LogP contribution < -0.4 is 15.4 Å². The minimum atomic E-state index is -3.43. The van der Waals surface area contributed by atoms with Gasteiger partial charge in [-0.3, -0.25) is 4.99 Å². The van der Waals surface area contributed by atoms with Gasteiger partial charge in [0.1, 0.15) is 5.82 Å². The lowest BCUT2D eigenvalue weighted by atomic mass is 10.2. The molecule has 6 nitrogen and oxygen atoms in total. The van der Waals surface area contributed by atoms with Gasteiger partial charge >= 0.3 is 0 Å². The first-order valence-corrected chi connectivity index (χ1v) is 9.14. The maximum atomic E-state index is 12.9. The number of aliphatic imine (C=N–C) groups is 1. The highest BCUT2D eigenvalue weighted by atomic mass is 127. The fourth-order valence-electron chi connectivity index (χ4n) is 2.10. The van der Waals surface area contributed by atoms with Crippen LogP contribution in [0.3, 0.4) is 0 Å². The largest absolute Gasteiger partial charge is 0.352 e. The van der Waals surface area contributed by atoms with Crippen molar-refractivity contribution in [1.82, 2.24) is 15.4 Å². The molecule has 2 aromatic carbocycles. The molecule has 0 radical (unpaired) electrons. The van der Waals surface area contributed by atoms with Gasteiger partial charge in [-0.25, -0.2) is 17.5 Å². The van der Waals surface area contributed by atoms with Gasteiger partial charge in [-0.15, -0.1) is 24.0 Å². The van der Waals surface area contributed by atoms with Crippen LogP contribution in [0.1, 0.15) is 11.1 Å². The van der Waals surface area contributed by atoms with Crippen LogP contribution in [0, 0.1) is 5.82 Å². The molecular formula is C17H22FIN4O2S. The highest BCUT2D eigenvalue weighted by molar-refractivity contribution is 14.0. The van der Waals surface area contributed by atoms with E-state index in [0.29, 0.717) is 19.0 Å². The van der Waals surface area contributed by atoms with E-state index in [1.165, 1.54) is 19.2 Å². The molecule has 26 heavy (non-hydrogen) atoms. The van der Waals surface area contributed by atoms with Crippen LogP contribution in [0.4, 0.5) is 4.39 Å². The molecule has 0 aromatic heterocycles. The zero-order valence-electron chi connectivity index (χ0n) is 14.5. The van der Waals surface area contributed by atoms with E-state index in [1.54, 1.807) is 43.4 Å². The Kier molecular flexibility index (Phi) is 8.96. The Morgan fingerprint density at radius 1 is 0.962 bits per heavy atom. The number of hydrogen-bond acceptors (Lipinski definition) is 3. The van der Waals surface area contributed by atoms with Crippen LogP contribution in [0.2, 0.25) is 0 Å². The van der Waals surface area contributed by atoms with E-state index < -0.39 is 10.0 Å². The van der Waals surface area contributed by atoms with Crippen molar-refractivity contribution in [1.29, 1.82) is 0 Å². The molecule has 9 heteroatoms. The minimum Gasteiger partial charge on any atom is -0.352 e. The van der Waals surface area contributed by atoms with Crippen molar-refractivity contribution in [2.45, 2.75) is 18.0 Å². The number of rotatable bonds is 6. The molecule has 2 aromatic rings. The van der Waals surface area contributed by atoms with Crippen LogP contribution in [0.15, 0.2) is 58.4 Å².